The van der Waals surface area contributed by atoms with Crippen molar-refractivity contribution in [2.75, 3.05) is 34.3 Å². The molecular formula is C14H29N3O. The van der Waals surface area contributed by atoms with E-state index in [1.54, 1.807) is 0 Å². The van der Waals surface area contributed by atoms with E-state index in [1.165, 1.54) is 19.3 Å². The van der Waals surface area contributed by atoms with Gasteiger partial charge < -0.3 is 20.6 Å². The third-order valence-electron chi connectivity index (χ3n) is 5.33. The van der Waals surface area contributed by atoms with E-state index in [2.05, 4.69) is 30.9 Å². The molecule has 0 aliphatic heterocycles. The van der Waals surface area contributed by atoms with Crippen LogP contribution in [0.3, 0.4) is 0 Å². The topological polar surface area (TPSA) is 52.7 Å². The predicted octanol–water partition coefficient (Wildman–Crippen LogP) is 0.645. The number of aliphatic hydroxyl groups is 1. The van der Waals surface area contributed by atoms with E-state index in [0.717, 1.165) is 25.8 Å². The fourth-order valence-electron chi connectivity index (χ4n) is 3.57. The summed E-state index contributed by atoms with van der Waals surface area (Å²) in [4.78, 5) is 4.87. The highest BCUT2D eigenvalue weighted by atomic mass is 16.3. The summed E-state index contributed by atoms with van der Waals surface area (Å²) in [7, 11) is 6.61. The highest BCUT2D eigenvalue weighted by Crippen LogP contribution is 2.38. The lowest BCUT2D eigenvalue weighted by Gasteiger charge is -2.50. The Labute approximate surface area is 111 Å². The van der Waals surface area contributed by atoms with Crippen LogP contribution in [0, 0.1) is 0 Å². The van der Waals surface area contributed by atoms with Crippen molar-refractivity contribution in [1.82, 2.24) is 9.80 Å². The smallest absolute Gasteiger partial charge is 0.0611 e. The predicted molar refractivity (Wildman–Crippen MR) is 74.5 cm³/mol. The average Bonchev–Trinajstić information content (AvgIpc) is 2.66. The molecule has 0 aromatic carbocycles. The van der Waals surface area contributed by atoms with Crippen LogP contribution >= 0.6 is 0 Å². The third-order valence-corrected chi connectivity index (χ3v) is 5.33. The van der Waals surface area contributed by atoms with Gasteiger partial charge in [-0.05, 0) is 59.7 Å². The van der Waals surface area contributed by atoms with E-state index in [0.29, 0.717) is 11.6 Å². The van der Waals surface area contributed by atoms with Crippen LogP contribution in [-0.4, -0.2) is 66.3 Å². The van der Waals surface area contributed by atoms with Crippen molar-refractivity contribution in [3.05, 3.63) is 0 Å². The zero-order chi connectivity index (χ0) is 13.4. The maximum atomic E-state index is 9.35. The van der Waals surface area contributed by atoms with Gasteiger partial charge in [-0.25, -0.2) is 0 Å². The maximum Gasteiger partial charge on any atom is 0.0611 e. The lowest BCUT2D eigenvalue weighted by molar-refractivity contribution is 0.0157. The SMILES string of the molecule is CN(CC1(N(C)C)CCC1)C1CCC(N)(CO)C1. The fraction of sp³-hybridized carbons (Fsp3) is 1.00. The molecular weight excluding hydrogens is 226 g/mol. The summed E-state index contributed by atoms with van der Waals surface area (Å²) in [6.07, 6.45) is 6.98. The monoisotopic (exact) mass is 255 g/mol. The van der Waals surface area contributed by atoms with Crippen LogP contribution < -0.4 is 5.73 Å². The standard InChI is InChI=1S/C14H29N3O/c1-16(2)14(6-4-7-14)10-17(3)12-5-8-13(15,9-12)11-18/h12,18H,4-11,15H2,1-3H3. The van der Waals surface area contributed by atoms with E-state index in [4.69, 9.17) is 5.73 Å². The lowest BCUT2D eigenvalue weighted by atomic mass is 9.75. The first-order chi connectivity index (χ1) is 8.41. The van der Waals surface area contributed by atoms with Crippen LogP contribution in [0.4, 0.5) is 0 Å². The maximum absolute atomic E-state index is 9.35. The lowest BCUT2D eigenvalue weighted by Crippen LogP contribution is -2.58. The van der Waals surface area contributed by atoms with E-state index >= 15 is 0 Å². The van der Waals surface area contributed by atoms with Crippen molar-refractivity contribution in [3.8, 4) is 0 Å². The Morgan fingerprint density at radius 1 is 1.22 bits per heavy atom. The van der Waals surface area contributed by atoms with Gasteiger partial charge in [0.1, 0.15) is 0 Å². The Balaban J connectivity index is 1.91. The molecule has 106 valence electrons. The molecule has 18 heavy (non-hydrogen) atoms. The van der Waals surface area contributed by atoms with E-state index in [1.807, 2.05) is 0 Å². The second kappa shape index (κ2) is 5.08. The molecule has 2 fully saturated rings. The molecule has 2 saturated carbocycles. The molecule has 0 aromatic heterocycles. The van der Waals surface area contributed by atoms with Crippen molar-refractivity contribution >= 4 is 0 Å². The molecule has 0 heterocycles. The first-order valence-corrected chi connectivity index (χ1v) is 7.18. The number of likely N-dealkylation sites (N-methyl/N-ethyl adjacent to an activating group) is 2. The second-order valence-electron chi connectivity index (χ2n) is 6.80. The molecule has 0 spiro atoms. The first-order valence-electron chi connectivity index (χ1n) is 7.18. The Kier molecular flexibility index (Phi) is 4.02. The summed E-state index contributed by atoms with van der Waals surface area (Å²) in [5, 5.41) is 9.35. The minimum atomic E-state index is -0.330. The fourth-order valence-corrected chi connectivity index (χ4v) is 3.57. The van der Waals surface area contributed by atoms with Crippen molar-refractivity contribution in [2.45, 2.75) is 55.6 Å². The van der Waals surface area contributed by atoms with Gasteiger partial charge in [-0.15, -0.1) is 0 Å². The Hall–Kier alpha value is -0.160. The molecule has 0 bridgehead atoms. The molecule has 0 aromatic rings. The van der Waals surface area contributed by atoms with Crippen LogP contribution in [0.15, 0.2) is 0 Å². The number of rotatable bonds is 5. The van der Waals surface area contributed by atoms with Crippen LogP contribution in [0.25, 0.3) is 0 Å². The second-order valence-corrected chi connectivity index (χ2v) is 6.80. The van der Waals surface area contributed by atoms with Gasteiger partial charge in [0.15, 0.2) is 0 Å². The third kappa shape index (κ3) is 2.57. The molecule has 4 nitrogen and oxygen atoms in total. The number of hydrogen-bond donors (Lipinski definition) is 2. The number of nitrogens with zero attached hydrogens (tertiary/aromatic N) is 2. The number of aliphatic hydroxyl groups excluding tert-OH is 1. The van der Waals surface area contributed by atoms with E-state index in [-0.39, 0.29) is 12.1 Å². The summed E-state index contributed by atoms with van der Waals surface area (Å²) in [5.74, 6) is 0. The molecule has 3 N–H and O–H groups in total. The molecule has 0 saturated heterocycles. The van der Waals surface area contributed by atoms with Crippen LogP contribution in [0.5, 0.6) is 0 Å². The van der Waals surface area contributed by atoms with Crippen molar-refractivity contribution < 1.29 is 5.11 Å². The van der Waals surface area contributed by atoms with Gasteiger partial charge in [-0.2, -0.15) is 0 Å². The molecule has 2 aliphatic rings. The summed E-state index contributed by atoms with van der Waals surface area (Å²) in [6.45, 7) is 1.25. The molecule has 2 rings (SSSR count). The van der Waals surface area contributed by atoms with Crippen LogP contribution in [0.1, 0.15) is 38.5 Å². The summed E-state index contributed by atoms with van der Waals surface area (Å²) < 4.78 is 0. The summed E-state index contributed by atoms with van der Waals surface area (Å²) in [5.41, 5.74) is 6.22. The Morgan fingerprint density at radius 3 is 2.28 bits per heavy atom. The molecule has 2 aliphatic carbocycles. The highest BCUT2D eigenvalue weighted by Gasteiger charge is 2.43. The zero-order valence-electron chi connectivity index (χ0n) is 12.2. The number of hydrogen-bond acceptors (Lipinski definition) is 4. The van der Waals surface area contributed by atoms with Crippen molar-refractivity contribution in [2.24, 2.45) is 5.73 Å². The van der Waals surface area contributed by atoms with Crippen molar-refractivity contribution in [3.63, 3.8) is 0 Å². The summed E-state index contributed by atoms with van der Waals surface area (Å²) in [6, 6.07) is 0.541. The Bertz CT molecular complexity index is 291. The average molecular weight is 255 g/mol. The van der Waals surface area contributed by atoms with Crippen LogP contribution in [-0.2, 0) is 0 Å². The molecule has 2 unspecified atom stereocenters. The largest absolute Gasteiger partial charge is 0.394 e. The van der Waals surface area contributed by atoms with Gasteiger partial charge in [-0.3, -0.25) is 0 Å². The van der Waals surface area contributed by atoms with Gasteiger partial charge in [0, 0.05) is 23.7 Å². The van der Waals surface area contributed by atoms with Gasteiger partial charge in [0.2, 0.25) is 0 Å². The zero-order valence-corrected chi connectivity index (χ0v) is 12.2. The molecule has 0 amide bonds. The highest BCUT2D eigenvalue weighted by molar-refractivity contribution is 5.01. The normalized spacial score (nSPS) is 35.2. The minimum absolute atomic E-state index is 0.121. The van der Waals surface area contributed by atoms with Crippen molar-refractivity contribution in [1.29, 1.82) is 0 Å². The summed E-state index contributed by atoms with van der Waals surface area (Å²) >= 11 is 0. The van der Waals surface area contributed by atoms with E-state index < -0.39 is 0 Å². The first kappa shape index (κ1) is 14.3. The number of nitrogens with two attached hydrogens (primary N) is 1. The van der Waals surface area contributed by atoms with Crippen LogP contribution in [0.2, 0.25) is 0 Å². The van der Waals surface area contributed by atoms with Gasteiger partial charge in [0.05, 0.1) is 6.61 Å². The quantitative estimate of drug-likeness (QED) is 0.757. The van der Waals surface area contributed by atoms with Gasteiger partial charge in [0.25, 0.3) is 0 Å². The molecule has 2 atom stereocenters. The van der Waals surface area contributed by atoms with Gasteiger partial charge in [-0.1, -0.05) is 0 Å². The Morgan fingerprint density at radius 2 is 1.89 bits per heavy atom. The molecule has 0 radical (unpaired) electrons. The minimum Gasteiger partial charge on any atom is -0.394 e. The molecule has 4 heteroatoms. The van der Waals surface area contributed by atoms with Gasteiger partial charge >= 0.3 is 0 Å². The van der Waals surface area contributed by atoms with E-state index in [9.17, 15) is 5.11 Å².